The van der Waals surface area contributed by atoms with Crippen LogP contribution in [0.25, 0.3) is 0 Å². The standard InChI is InChI=1S/C13H25NO6/c1-12(2,3)19-14(20-13(4,5)6)9(11(17)18)7-8-10(15)16/h9H,7-8H2,1-6H3,(H,15,16)(H,17,18). The third-order valence-corrected chi connectivity index (χ3v) is 1.90. The Morgan fingerprint density at radius 2 is 1.40 bits per heavy atom. The number of carboxylic acid groups (broad SMARTS) is 2. The van der Waals surface area contributed by atoms with Crippen LogP contribution in [-0.4, -0.2) is 44.6 Å². The van der Waals surface area contributed by atoms with E-state index >= 15 is 0 Å². The van der Waals surface area contributed by atoms with Crippen molar-refractivity contribution in [1.29, 1.82) is 0 Å². The van der Waals surface area contributed by atoms with Gasteiger partial charge in [0, 0.05) is 6.42 Å². The first kappa shape index (κ1) is 18.8. The zero-order valence-electron chi connectivity index (χ0n) is 13.0. The second-order valence-electron chi connectivity index (χ2n) is 6.48. The van der Waals surface area contributed by atoms with Gasteiger partial charge in [0.25, 0.3) is 0 Å². The Bertz CT molecular complexity index is 326. The average molecular weight is 291 g/mol. The van der Waals surface area contributed by atoms with Gasteiger partial charge in [0.15, 0.2) is 6.04 Å². The average Bonchev–Trinajstić information content (AvgIpc) is 2.10. The van der Waals surface area contributed by atoms with Crippen LogP contribution < -0.4 is 0 Å². The molecule has 0 bridgehead atoms. The minimum Gasteiger partial charge on any atom is -0.481 e. The van der Waals surface area contributed by atoms with E-state index in [1.54, 1.807) is 41.5 Å². The van der Waals surface area contributed by atoms with Crippen molar-refractivity contribution in [2.24, 2.45) is 0 Å². The van der Waals surface area contributed by atoms with Gasteiger partial charge in [-0.05, 0) is 48.0 Å². The van der Waals surface area contributed by atoms with Crippen molar-refractivity contribution in [1.82, 2.24) is 5.23 Å². The molecule has 7 nitrogen and oxygen atoms in total. The van der Waals surface area contributed by atoms with Crippen molar-refractivity contribution in [3.8, 4) is 0 Å². The Balaban J connectivity index is 5.09. The van der Waals surface area contributed by atoms with Crippen molar-refractivity contribution in [3.63, 3.8) is 0 Å². The molecule has 0 heterocycles. The predicted molar refractivity (Wildman–Crippen MR) is 71.8 cm³/mol. The van der Waals surface area contributed by atoms with Crippen molar-refractivity contribution < 1.29 is 29.5 Å². The van der Waals surface area contributed by atoms with E-state index in [9.17, 15) is 14.7 Å². The first-order chi connectivity index (χ1) is 8.82. The summed E-state index contributed by atoms with van der Waals surface area (Å²) in [5.41, 5.74) is -1.33. The molecule has 2 N–H and O–H groups in total. The maximum Gasteiger partial charge on any atom is 0.325 e. The second-order valence-corrected chi connectivity index (χ2v) is 6.48. The molecule has 0 spiro atoms. The number of hydrogen-bond donors (Lipinski definition) is 2. The number of hydrogen-bond acceptors (Lipinski definition) is 5. The van der Waals surface area contributed by atoms with Crippen molar-refractivity contribution >= 4 is 11.9 Å². The third-order valence-electron chi connectivity index (χ3n) is 1.90. The van der Waals surface area contributed by atoms with Gasteiger partial charge in [-0.2, -0.15) is 0 Å². The van der Waals surface area contributed by atoms with E-state index in [-0.39, 0.29) is 12.8 Å². The summed E-state index contributed by atoms with van der Waals surface area (Å²) in [4.78, 5) is 33.0. The molecule has 7 heteroatoms. The second kappa shape index (κ2) is 7.01. The van der Waals surface area contributed by atoms with Gasteiger partial charge < -0.3 is 10.2 Å². The number of hydroxylamine groups is 2. The predicted octanol–water partition coefficient (Wildman–Crippen LogP) is 2.07. The van der Waals surface area contributed by atoms with Crippen molar-refractivity contribution in [2.45, 2.75) is 71.6 Å². The fraction of sp³-hybridized carbons (Fsp3) is 0.846. The number of aliphatic carboxylic acids is 2. The molecule has 0 amide bonds. The zero-order valence-corrected chi connectivity index (χ0v) is 13.0. The van der Waals surface area contributed by atoms with Gasteiger partial charge in [-0.25, -0.2) is 0 Å². The van der Waals surface area contributed by atoms with Gasteiger partial charge >= 0.3 is 11.9 Å². The summed E-state index contributed by atoms with van der Waals surface area (Å²) >= 11 is 0. The van der Waals surface area contributed by atoms with Crippen LogP contribution in [0.4, 0.5) is 0 Å². The van der Waals surface area contributed by atoms with Crippen LogP contribution in [0.3, 0.4) is 0 Å². The summed E-state index contributed by atoms with van der Waals surface area (Å²) < 4.78 is 0. The molecule has 0 aliphatic carbocycles. The molecule has 0 aromatic carbocycles. The monoisotopic (exact) mass is 291 g/mol. The summed E-state index contributed by atoms with van der Waals surface area (Å²) in [5.74, 6) is -2.26. The van der Waals surface area contributed by atoms with E-state index in [0.717, 1.165) is 5.23 Å². The van der Waals surface area contributed by atoms with Crippen molar-refractivity contribution in [2.75, 3.05) is 0 Å². The highest BCUT2D eigenvalue weighted by molar-refractivity contribution is 5.74. The molecule has 0 saturated carbocycles. The Hall–Kier alpha value is -1.18. The van der Waals surface area contributed by atoms with E-state index in [2.05, 4.69) is 0 Å². The van der Waals surface area contributed by atoms with Gasteiger partial charge in [-0.3, -0.25) is 19.3 Å². The maximum absolute atomic E-state index is 11.3. The van der Waals surface area contributed by atoms with Gasteiger partial charge in [0.05, 0.1) is 11.2 Å². The topological polar surface area (TPSA) is 96.3 Å². The Morgan fingerprint density at radius 3 is 1.65 bits per heavy atom. The molecule has 0 aliphatic heterocycles. The smallest absolute Gasteiger partial charge is 0.325 e. The van der Waals surface area contributed by atoms with Gasteiger partial charge in [-0.15, -0.1) is 0 Å². The quantitative estimate of drug-likeness (QED) is 0.693. The van der Waals surface area contributed by atoms with Crippen LogP contribution in [0.5, 0.6) is 0 Å². The number of nitrogens with zero attached hydrogens (tertiary/aromatic N) is 1. The van der Waals surface area contributed by atoms with Gasteiger partial charge in [-0.1, -0.05) is 5.23 Å². The summed E-state index contributed by atoms with van der Waals surface area (Å²) in [6, 6.07) is -1.19. The SMILES string of the molecule is CC(C)(C)ON(OC(C)(C)C)C(CCC(=O)O)C(=O)O. The lowest BCUT2D eigenvalue weighted by Crippen LogP contribution is -2.48. The maximum atomic E-state index is 11.3. The van der Waals surface area contributed by atoms with E-state index in [4.69, 9.17) is 14.8 Å². The normalized spacial score (nSPS) is 14.3. The van der Waals surface area contributed by atoms with E-state index in [1.165, 1.54) is 0 Å². The molecule has 1 unspecified atom stereocenters. The molecule has 0 radical (unpaired) electrons. The fourth-order valence-corrected chi connectivity index (χ4v) is 1.26. The fourth-order valence-electron chi connectivity index (χ4n) is 1.26. The molecule has 0 aromatic heterocycles. The lowest BCUT2D eigenvalue weighted by molar-refractivity contribution is -0.441. The number of rotatable bonds is 7. The number of carboxylic acids is 2. The largest absolute Gasteiger partial charge is 0.481 e. The third kappa shape index (κ3) is 8.84. The molecule has 1 atom stereocenters. The molecule has 118 valence electrons. The van der Waals surface area contributed by atoms with Crippen LogP contribution in [0.2, 0.25) is 0 Å². The van der Waals surface area contributed by atoms with Gasteiger partial charge in [0.2, 0.25) is 0 Å². The van der Waals surface area contributed by atoms with Gasteiger partial charge in [0.1, 0.15) is 0 Å². The zero-order chi connectivity index (χ0) is 16.1. The first-order valence-electron chi connectivity index (χ1n) is 6.44. The minimum absolute atomic E-state index is 0.114. The summed E-state index contributed by atoms with van der Waals surface area (Å²) in [7, 11) is 0. The molecule has 0 saturated heterocycles. The molecule has 20 heavy (non-hydrogen) atoms. The minimum atomic E-state index is -1.19. The molecule has 0 aliphatic rings. The molecule has 0 aromatic rings. The summed E-state index contributed by atoms with van der Waals surface area (Å²) in [6.07, 6.45) is -0.398. The summed E-state index contributed by atoms with van der Waals surface area (Å²) in [6.45, 7) is 10.5. The van der Waals surface area contributed by atoms with E-state index in [1.807, 2.05) is 0 Å². The van der Waals surface area contributed by atoms with Crippen LogP contribution in [0.1, 0.15) is 54.4 Å². The highest BCUT2D eigenvalue weighted by Crippen LogP contribution is 2.21. The van der Waals surface area contributed by atoms with Crippen LogP contribution >= 0.6 is 0 Å². The van der Waals surface area contributed by atoms with E-state index in [0.29, 0.717) is 0 Å². The highest BCUT2D eigenvalue weighted by atomic mass is 17.0. The Kier molecular flexibility index (Phi) is 6.60. The first-order valence-corrected chi connectivity index (χ1v) is 6.44. The lowest BCUT2D eigenvalue weighted by atomic mass is 10.1. The Labute approximate surface area is 119 Å². The molecular formula is C13H25NO6. The van der Waals surface area contributed by atoms with Crippen molar-refractivity contribution in [3.05, 3.63) is 0 Å². The van der Waals surface area contributed by atoms with Crippen LogP contribution in [0, 0.1) is 0 Å². The highest BCUT2D eigenvalue weighted by Gasteiger charge is 2.34. The number of carbonyl (C=O) groups is 2. The molecule has 0 fully saturated rings. The Morgan fingerprint density at radius 1 is 1.00 bits per heavy atom. The van der Waals surface area contributed by atoms with Crippen LogP contribution in [-0.2, 0) is 19.3 Å². The molecular weight excluding hydrogens is 266 g/mol. The van der Waals surface area contributed by atoms with E-state index < -0.39 is 29.2 Å². The molecule has 0 rings (SSSR count). The van der Waals surface area contributed by atoms with Crippen LogP contribution in [0.15, 0.2) is 0 Å². The lowest BCUT2D eigenvalue weighted by Gasteiger charge is -2.36. The summed E-state index contributed by atoms with van der Waals surface area (Å²) in [5, 5.41) is 18.9.